The zero-order valence-electron chi connectivity index (χ0n) is 8.27. The Hall–Kier alpha value is -2.30. The van der Waals surface area contributed by atoms with E-state index in [1.165, 1.54) is 6.20 Å². The van der Waals surface area contributed by atoms with Crippen LogP contribution in [0.2, 0.25) is 0 Å². The highest BCUT2D eigenvalue weighted by Crippen LogP contribution is 2.34. The van der Waals surface area contributed by atoms with Gasteiger partial charge in [-0.15, -0.1) is 0 Å². The van der Waals surface area contributed by atoms with Crippen molar-refractivity contribution in [3.63, 3.8) is 0 Å². The molecule has 5 heteroatoms. The number of hydrogen-bond acceptors (Lipinski definition) is 4. The summed E-state index contributed by atoms with van der Waals surface area (Å²) in [4.78, 5) is 17.5. The van der Waals surface area contributed by atoms with Crippen molar-refractivity contribution in [2.45, 2.75) is 0 Å². The third-order valence-electron chi connectivity index (χ3n) is 2.37. The smallest absolute Gasteiger partial charge is 0.231 e. The van der Waals surface area contributed by atoms with Crippen molar-refractivity contribution in [2.75, 3.05) is 6.79 Å². The molecule has 1 aromatic heterocycles. The Labute approximate surface area is 91.0 Å². The number of nitrogens with one attached hydrogen (secondary N) is 1. The molecule has 2 heterocycles. The maximum atomic E-state index is 10.5. The average Bonchev–Trinajstić information content (AvgIpc) is 2.96. The Kier molecular flexibility index (Phi) is 1.89. The molecule has 0 spiro atoms. The van der Waals surface area contributed by atoms with Gasteiger partial charge in [-0.1, -0.05) is 0 Å². The van der Waals surface area contributed by atoms with Gasteiger partial charge in [0.25, 0.3) is 0 Å². The minimum atomic E-state index is 0.247. The first-order valence-electron chi connectivity index (χ1n) is 4.77. The quantitative estimate of drug-likeness (QED) is 0.774. The normalized spacial score (nSPS) is 12.8. The molecule has 0 amide bonds. The van der Waals surface area contributed by atoms with Crippen molar-refractivity contribution in [3.8, 4) is 22.9 Å². The zero-order valence-corrected chi connectivity index (χ0v) is 8.27. The van der Waals surface area contributed by atoms with Crippen molar-refractivity contribution >= 4 is 6.29 Å². The van der Waals surface area contributed by atoms with Crippen molar-refractivity contribution in [1.29, 1.82) is 0 Å². The Balaban J connectivity index is 2.03. The van der Waals surface area contributed by atoms with E-state index < -0.39 is 0 Å². The number of aromatic nitrogens is 2. The molecular weight excluding hydrogens is 208 g/mol. The van der Waals surface area contributed by atoms with Gasteiger partial charge in [0.1, 0.15) is 5.82 Å². The van der Waals surface area contributed by atoms with E-state index >= 15 is 0 Å². The molecule has 0 aliphatic carbocycles. The maximum Gasteiger partial charge on any atom is 0.231 e. The predicted molar refractivity (Wildman–Crippen MR) is 55.5 cm³/mol. The summed E-state index contributed by atoms with van der Waals surface area (Å²) < 4.78 is 10.5. The lowest BCUT2D eigenvalue weighted by Crippen LogP contribution is -1.92. The molecular formula is C11H8N2O3. The lowest BCUT2D eigenvalue weighted by molar-refractivity contribution is 0.111. The number of aldehydes is 1. The Morgan fingerprint density at radius 2 is 2.19 bits per heavy atom. The number of H-pyrrole nitrogens is 1. The van der Waals surface area contributed by atoms with Crippen molar-refractivity contribution in [1.82, 2.24) is 9.97 Å². The van der Waals surface area contributed by atoms with Crippen molar-refractivity contribution in [2.24, 2.45) is 0 Å². The summed E-state index contributed by atoms with van der Waals surface area (Å²) in [5.41, 5.74) is 1.31. The van der Waals surface area contributed by atoms with E-state index in [9.17, 15) is 4.79 Å². The van der Waals surface area contributed by atoms with Crippen LogP contribution in [0.15, 0.2) is 24.4 Å². The minimum Gasteiger partial charge on any atom is -0.454 e. The number of nitrogens with zero attached hydrogens (tertiary/aromatic N) is 1. The highest BCUT2D eigenvalue weighted by Gasteiger charge is 2.14. The SMILES string of the molecule is O=Cc1cnc(-c2ccc3c(c2)OCO3)[nH]1. The number of aromatic amines is 1. The molecule has 3 rings (SSSR count). The molecule has 0 radical (unpaired) electrons. The Morgan fingerprint density at radius 1 is 1.31 bits per heavy atom. The first-order chi connectivity index (χ1) is 7.86. The number of carbonyl (C=O) groups excluding carboxylic acids is 1. The minimum absolute atomic E-state index is 0.247. The third-order valence-corrected chi connectivity index (χ3v) is 2.37. The van der Waals surface area contributed by atoms with E-state index in [4.69, 9.17) is 9.47 Å². The summed E-state index contributed by atoms with van der Waals surface area (Å²) >= 11 is 0. The molecule has 1 aliphatic rings. The monoisotopic (exact) mass is 216 g/mol. The average molecular weight is 216 g/mol. The van der Waals surface area contributed by atoms with Crippen LogP contribution in [0.1, 0.15) is 10.5 Å². The van der Waals surface area contributed by atoms with Crippen LogP contribution in [0.3, 0.4) is 0 Å². The molecule has 0 saturated carbocycles. The molecule has 0 unspecified atom stereocenters. The molecule has 1 aliphatic heterocycles. The van der Waals surface area contributed by atoms with Crippen LogP contribution in [0.5, 0.6) is 11.5 Å². The number of hydrogen-bond donors (Lipinski definition) is 1. The van der Waals surface area contributed by atoms with Crippen molar-refractivity contribution in [3.05, 3.63) is 30.1 Å². The van der Waals surface area contributed by atoms with E-state index in [0.29, 0.717) is 17.3 Å². The highest BCUT2D eigenvalue weighted by atomic mass is 16.7. The number of fused-ring (bicyclic) bond motifs is 1. The van der Waals surface area contributed by atoms with Gasteiger partial charge < -0.3 is 14.5 Å². The molecule has 0 fully saturated rings. The van der Waals surface area contributed by atoms with Crippen LogP contribution in [-0.2, 0) is 0 Å². The van der Waals surface area contributed by atoms with E-state index in [1.807, 2.05) is 18.2 Å². The predicted octanol–water partition coefficient (Wildman–Crippen LogP) is 1.62. The molecule has 80 valence electrons. The number of imidazole rings is 1. The van der Waals surface area contributed by atoms with Crippen molar-refractivity contribution < 1.29 is 14.3 Å². The summed E-state index contributed by atoms with van der Waals surface area (Å²) in [7, 11) is 0. The van der Waals surface area contributed by atoms with E-state index in [0.717, 1.165) is 17.6 Å². The van der Waals surface area contributed by atoms with Gasteiger partial charge in [0.15, 0.2) is 17.8 Å². The summed E-state index contributed by atoms with van der Waals surface area (Å²) in [6.07, 6.45) is 2.22. The highest BCUT2D eigenvalue weighted by molar-refractivity contribution is 5.73. The van der Waals surface area contributed by atoms with Gasteiger partial charge in [-0.3, -0.25) is 4.79 Å². The largest absolute Gasteiger partial charge is 0.454 e. The lowest BCUT2D eigenvalue weighted by atomic mass is 10.2. The van der Waals surface area contributed by atoms with Crippen LogP contribution in [-0.4, -0.2) is 23.0 Å². The molecule has 0 bridgehead atoms. The molecule has 16 heavy (non-hydrogen) atoms. The molecule has 1 N–H and O–H groups in total. The number of benzene rings is 1. The summed E-state index contributed by atoms with van der Waals surface area (Å²) in [5.74, 6) is 2.06. The molecule has 5 nitrogen and oxygen atoms in total. The second-order valence-electron chi connectivity index (χ2n) is 3.37. The molecule has 2 aromatic rings. The summed E-state index contributed by atoms with van der Waals surface area (Å²) in [6.45, 7) is 0.247. The van der Waals surface area contributed by atoms with Gasteiger partial charge in [-0.25, -0.2) is 4.98 Å². The van der Waals surface area contributed by atoms with E-state index in [1.54, 1.807) is 0 Å². The number of ether oxygens (including phenoxy) is 2. The first kappa shape index (κ1) is 8.96. The van der Waals surface area contributed by atoms with E-state index in [2.05, 4.69) is 9.97 Å². The number of carbonyl (C=O) groups is 1. The fraction of sp³-hybridized carbons (Fsp3) is 0.0909. The van der Waals surface area contributed by atoms with Gasteiger partial charge in [-0.05, 0) is 18.2 Å². The van der Waals surface area contributed by atoms with Gasteiger partial charge in [0.05, 0.1) is 11.9 Å². The fourth-order valence-electron chi connectivity index (χ4n) is 1.59. The fourth-order valence-corrected chi connectivity index (χ4v) is 1.59. The molecule has 1 aromatic carbocycles. The number of rotatable bonds is 2. The van der Waals surface area contributed by atoms with Crippen LogP contribution in [0, 0.1) is 0 Å². The van der Waals surface area contributed by atoms with Crippen LogP contribution in [0.4, 0.5) is 0 Å². The van der Waals surface area contributed by atoms with Crippen LogP contribution < -0.4 is 9.47 Å². The maximum absolute atomic E-state index is 10.5. The topological polar surface area (TPSA) is 64.2 Å². The second-order valence-corrected chi connectivity index (χ2v) is 3.37. The molecule has 0 saturated heterocycles. The second kappa shape index (κ2) is 3.37. The standard InChI is InChI=1S/C11H8N2O3/c14-5-8-4-12-11(13-8)7-1-2-9-10(3-7)16-6-15-9/h1-5H,6H2,(H,12,13). The Bertz CT molecular complexity index is 548. The molecule has 0 atom stereocenters. The Morgan fingerprint density at radius 3 is 3.00 bits per heavy atom. The third kappa shape index (κ3) is 1.33. The van der Waals surface area contributed by atoms with Gasteiger partial charge in [0.2, 0.25) is 6.79 Å². The summed E-state index contributed by atoms with van der Waals surface area (Å²) in [6, 6.07) is 5.51. The summed E-state index contributed by atoms with van der Waals surface area (Å²) in [5, 5.41) is 0. The van der Waals surface area contributed by atoms with E-state index in [-0.39, 0.29) is 6.79 Å². The lowest BCUT2D eigenvalue weighted by Gasteiger charge is -1.99. The van der Waals surface area contributed by atoms with Gasteiger partial charge >= 0.3 is 0 Å². The van der Waals surface area contributed by atoms with Crippen LogP contribution >= 0.6 is 0 Å². The van der Waals surface area contributed by atoms with Crippen LogP contribution in [0.25, 0.3) is 11.4 Å². The van der Waals surface area contributed by atoms with Gasteiger partial charge in [-0.2, -0.15) is 0 Å². The zero-order chi connectivity index (χ0) is 11.0. The van der Waals surface area contributed by atoms with Gasteiger partial charge in [0, 0.05) is 5.56 Å². The first-order valence-corrected chi connectivity index (χ1v) is 4.77.